The van der Waals surface area contributed by atoms with Crippen LogP contribution in [-0.4, -0.2) is 10.5 Å². The highest BCUT2D eigenvalue weighted by molar-refractivity contribution is 6.01. The zero-order valence-corrected chi connectivity index (χ0v) is 12.6. The van der Waals surface area contributed by atoms with Gasteiger partial charge in [0.05, 0.1) is 16.8 Å². The lowest BCUT2D eigenvalue weighted by Crippen LogP contribution is -2.11. The monoisotopic (exact) mass is 317 g/mol. The molecule has 2 nitrogen and oxygen atoms in total. The predicted molar refractivity (Wildman–Crippen MR) is 83.4 cm³/mol. The van der Waals surface area contributed by atoms with Crippen LogP contribution in [0, 0.1) is 6.92 Å². The molecule has 1 aromatic heterocycles. The van der Waals surface area contributed by atoms with Crippen LogP contribution in [0.2, 0.25) is 0 Å². The van der Waals surface area contributed by atoms with Crippen molar-refractivity contribution in [1.29, 1.82) is 0 Å². The molecule has 0 N–H and O–H groups in total. The van der Waals surface area contributed by atoms with Crippen molar-refractivity contribution < 1.29 is 18.0 Å². The molecule has 0 amide bonds. The van der Waals surface area contributed by atoms with Crippen LogP contribution < -0.4 is 0 Å². The molecule has 0 aliphatic rings. The number of hydrogen-bond donors (Lipinski definition) is 0. The van der Waals surface area contributed by atoms with E-state index in [1.54, 1.807) is 49.4 Å². The summed E-state index contributed by atoms with van der Waals surface area (Å²) in [5.41, 5.74) is 0.477. The number of carbonyl (C=O) groups is 1. The van der Waals surface area contributed by atoms with Crippen molar-refractivity contribution in [2.75, 3.05) is 0 Å². The van der Waals surface area contributed by atoms with Gasteiger partial charge < -0.3 is 0 Å². The Labute approximate surface area is 131 Å². The van der Waals surface area contributed by atoms with Crippen LogP contribution in [0.1, 0.15) is 22.8 Å². The molecule has 0 aliphatic carbocycles. The summed E-state index contributed by atoms with van der Waals surface area (Å²) in [4.78, 5) is 12.1. The maximum atomic E-state index is 13.7. The Morgan fingerprint density at radius 3 is 2.26 bits per heavy atom. The molecule has 0 spiro atoms. The van der Waals surface area contributed by atoms with Gasteiger partial charge in [-0.25, -0.2) is 0 Å². The summed E-state index contributed by atoms with van der Waals surface area (Å²) in [6.07, 6.45) is -4.56. The number of carbonyl (C=O) groups excluding carboxylic acids is 1. The average Bonchev–Trinajstić information content (AvgIpc) is 2.82. The third-order valence-corrected chi connectivity index (χ3v) is 3.77. The molecular weight excluding hydrogens is 303 g/mol. The topological polar surface area (TPSA) is 22.0 Å². The molecular formula is C18H14F3NO. The number of halogens is 3. The highest BCUT2D eigenvalue weighted by atomic mass is 19.4. The number of fused-ring (bicyclic) bond motifs is 1. The Balaban J connectivity index is 2.54. The van der Waals surface area contributed by atoms with Crippen LogP contribution in [0.4, 0.5) is 13.2 Å². The van der Waals surface area contributed by atoms with Gasteiger partial charge in [-0.05, 0) is 24.6 Å². The molecule has 0 unspecified atom stereocenters. The van der Waals surface area contributed by atoms with Crippen LogP contribution in [0.5, 0.6) is 0 Å². The molecule has 118 valence electrons. The van der Waals surface area contributed by atoms with Gasteiger partial charge in [-0.2, -0.15) is 13.2 Å². The fourth-order valence-corrected chi connectivity index (χ4v) is 2.89. The number of rotatable bonds is 1. The van der Waals surface area contributed by atoms with Crippen molar-refractivity contribution in [2.45, 2.75) is 20.0 Å². The van der Waals surface area contributed by atoms with Crippen molar-refractivity contribution in [3.63, 3.8) is 0 Å². The smallest absolute Gasteiger partial charge is 0.279 e. The van der Waals surface area contributed by atoms with E-state index in [9.17, 15) is 18.0 Å². The normalized spacial score (nSPS) is 11.9. The lowest BCUT2D eigenvalue weighted by Gasteiger charge is -2.11. The molecule has 0 radical (unpaired) electrons. The average molecular weight is 317 g/mol. The van der Waals surface area contributed by atoms with Gasteiger partial charge in [0.25, 0.3) is 0 Å². The molecule has 3 rings (SSSR count). The van der Waals surface area contributed by atoms with E-state index < -0.39 is 17.6 Å². The summed E-state index contributed by atoms with van der Waals surface area (Å²) in [6, 6.07) is 12.9. The minimum atomic E-state index is -4.56. The first-order valence-corrected chi connectivity index (χ1v) is 7.09. The summed E-state index contributed by atoms with van der Waals surface area (Å²) in [6.45, 7) is 3.00. The summed E-state index contributed by atoms with van der Waals surface area (Å²) in [5, 5.41) is 0.0477. The van der Waals surface area contributed by atoms with Gasteiger partial charge in [0.15, 0.2) is 0 Å². The van der Waals surface area contributed by atoms with E-state index in [0.717, 1.165) is 4.57 Å². The van der Waals surface area contributed by atoms with Gasteiger partial charge >= 0.3 is 6.18 Å². The molecule has 1 heterocycles. The zero-order chi connectivity index (χ0) is 16.8. The zero-order valence-electron chi connectivity index (χ0n) is 12.6. The number of aryl methyl sites for hydroxylation is 1. The van der Waals surface area contributed by atoms with Crippen molar-refractivity contribution in [2.24, 2.45) is 0 Å². The molecule has 5 heteroatoms. The van der Waals surface area contributed by atoms with Crippen molar-refractivity contribution in [3.8, 4) is 11.3 Å². The molecule has 2 aromatic carbocycles. The maximum Gasteiger partial charge on any atom is 0.419 e. The number of nitrogens with zero attached hydrogens (tertiary/aromatic N) is 1. The second-order valence-corrected chi connectivity index (χ2v) is 5.46. The lowest BCUT2D eigenvalue weighted by molar-refractivity contribution is -0.135. The van der Waals surface area contributed by atoms with Gasteiger partial charge in [0.1, 0.15) is 0 Å². The van der Waals surface area contributed by atoms with E-state index in [1.807, 2.05) is 0 Å². The van der Waals surface area contributed by atoms with Gasteiger partial charge in [0, 0.05) is 12.3 Å². The van der Waals surface area contributed by atoms with E-state index in [1.165, 1.54) is 13.0 Å². The third kappa shape index (κ3) is 2.52. The van der Waals surface area contributed by atoms with E-state index >= 15 is 0 Å². The minimum absolute atomic E-state index is 0.0477. The highest BCUT2D eigenvalue weighted by Gasteiger charge is 2.39. The molecule has 3 aromatic rings. The standard InChI is InChI=1S/C18H14F3NO/c1-11-8-9-15-14(10-11)16(18(19,20)21)17(22(15)12(2)23)13-6-4-3-5-7-13/h3-10H,1-2H3. The van der Waals surface area contributed by atoms with Crippen LogP contribution in [0.25, 0.3) is 22.2 Å². The summed E-state index contributed by atoms with van der Waals surface area (Å²) >= 11 is 0. The lowest BCUT2D eigenvalue weighted by atomic mass is 10.0. The highest BCUT2D eigenvalue weighted by Crippen LogP contribution is 2.44. The predicted octanol–water partition coefficient (Wildman–Crippen LogP) is 5.30. The molecule has 0 saturated heterocycles. The second-order valence-electron chi connectivity index (χ2n) is 5.46. The molecule has 0 bridgehead atoms. The SMILES string of the molecule is CC(=O)n1c(-c2ccccc2)c(C(F)(F)F)c2cc(C)ccc21. The van der Waals surface area contributed by atoms with E-state index in [-0.39, 0.29) is 16.6 Å². The second kappa shape index (κ2) is 5.26. The third-order valence-electron chi connectivity index (χ3n) is 3.77. The molecule has 0 atom stereocenters. The van der Waals surface area contributed by atoms with Crippen LogP contribution in [-0.2, 0) is 6.18 Å². The van der Waals surface area contributed by atoms with Gasteiger partial charge in [-0.3, -0.25) is 9.36 Å². The summed E-state index contributed by atoms with van der Waals surface area (Å²) in [7, 11) is 0. The molecule has 0 saturated carbocycles. The Morgan fingerprint density at radius 2 is 1.70 bits per heavy atom. The molecule has 23 heavy (non-hydrogen) atoms. The Bertz CT molecular complexity index is 892. The minimum Gasteiger partial charge on any atom is -0.279 e. The van der Waals surface area contributed by atoms with Crippen LogP contribution in [0.3, 0.4) is 0 Å². The summed E-state index contributed by atoms with van der Waals surface area (Å²) < 4.78 is 42.4. The summed E-state index contributed by atoms with van der Waals surface area (Å²) in [5.74, 6) is -0.451. The van der Waals surface area contributed by atoms with Gasteiger partial charge in [-0.1, -0.05) is 42.0 Å². The molecule has 0 fully saturated rings. The quantitative estimate of drug-likeness (QED) is 0.597. The first-order valence-electron chi connectivity index (χ1n) is 7.09. The number of alkyl halides is 3. The Morgan fingerprint density at radius 1 is 1.04 bits per heavy atom. The van der Waals surface area contributed by atoms with Crippen LogP contribution >= 0.6 is 0 Å². The fraction of sp³-hybridized carbons (Fsp3) is 0.167. The van der Waals surface area contributed by atoms with Crippen molar-refractivity contribution in [1.82, 2.24) is 4.57 Å². The van der Waals surface area contributed by atoms with Gasteiger partial charge in [-0.15, -0.1) is 0 Å². The molecule has 0 aliphatic heterocycles. The maximum absolute atomic E-state index is 13.7. The van der Waals surface area contributed by atoms with Crippen molar-refractivity contribution >= 4 is 16.8 Å². The van der Waals surface area contributed by atoms with E-state index in [0.29, 0.717) is 11.1 Å². The Kier molecular flexibility index (Phi) is 3.51. The fourth-order valence-electron chi connectivity index (χ4n) is 2.89. The number of hydrogen-bond acceptors (Lipinski definition) is 1. The first kappa shape index (κ1) is 15.3. The number of aromatic nitrogens is 1. The van der Waals surface area contributed by atoms with Gasteiger partial charge in [0.2, 0.25) is 5.91 Å². The van der Waals surface area contributed by atoms with Crippen molar-refractivity contribution in [3.05, 3.63) is 59.7 Å². The van der Waals surface area contributed by atoms with E-state index in [4.69, 9.17) is 0 Å². The first-order chi connectivity index (χ1) is 10.8. The van der Waals surface area contributed by atoms with E-state index in [2.05, 4.69) is 0 Å². The number of benzene rings is 2. The van der Waals surface area contributed by atoms with Crippen LogP contribution in [0.15, 0.2) is 48.5 Å². The largest absolute Gasteiger partial charge is 0.419 e. The Hall–Kier alpha value is -2.56.